The van der Waals surface area contributed by atoms with E-state index in [0.29, 0.717) is 17.9 Å². The highest BCUT2D eigenvalue weighted by atomic mass is 16.6. The summed E-state index contributed by atoms with van der Waals surface area (Å²) in [5.74, 6) is 1.30. The highest BCUT2D eigenvalue weighted by Gasteiger charge is 2.61. The highest BCUT2D eigenvalue weighted by molar-refractivity contribution is 5.09. The first kappa shape index (κ1) is 15.0. The molecule has 0 aromatic carbocycles. The fourth-order valence-corrected chi connectivity index (χ4v) is 2.27. The van der Waals surface area contributed by atoms with Crippen LogP contribution in [0.5, 0.6) is 0 Å². The molecule has 2 heterocycles. The predicted molar refractivity (Wildman–Crippen MR) is 72.2 cm³/mol. The zero-order chi connectivity index (χ0) is 13.6. The van der Waals surface area contributed by atoms with Crippen LogP contribution < -0.4 is 0 Å². The van der Waals surface area contributed by atoms with Gasteiger partial charge in [-0.3, -0.25) is 0 Å². The third-order valence-electron chi connectivity index (χ3n) is 5.05. The molecule has 17 heavy (non-hydrogen) atoms. The molecule has 0 spiro atoms. The van der Waals surface area contributed by atoms with Gasteiger partial charge in [-0.25, -0.2) is 0 Å². The van der Waals surface area contributed by atoms with Gasteiger partial charge in [0.1, 0.15) is 0 Å². The Labute approximate surface area is 107 Å². The number of rotatable bonds is 2. The third kappa shape index (κ3) is 2.68. The molecule has 2 aliphatic heterocycles. The molecule has 3 atom stereocenters. The van der Waals surface area contributed by atoms with Gasteiger partial charge in [0.2, 0.25) is 0 Å². The zero-order valence-electron chi connectivity index (χ0n) is 13.0. The van der Waals surface area contributed by atoms with Crippen molar-refractivity contribution >= 4 is 0 Å². The van der Waals surface area contributed by atoms with Gasteiger partial charge in [-0.1, -0.05) is 27.7 Å². The van der Waals surface area contributed by atoms with Gasteiger partial charge in [-0.2, -0.15) is 0 Å². The standard InChI is InChI=1S/C8H16O.C7H14O/c1-6(2)8(5)7(3,4)9-8;1-5(2)7(4)6(3)8-7/h6H,1-5H3;5-6H,1-4H3. The Morgan fingerprint density at radius 1 is 0.882 bits per heavy atom. The van der Waals surface area contributed by atoms with Crippen molar-refractivity contribution < 1.29 is 9.47 Å². The number of ether oxygens (including phenoxy) is 2. The molecule has 2 aliphatic rings. The van der Waals surface area contributed by atoms with Crippen LogP contribution in [0, 0.1) is 11.8 Å². The van der Waals surface area contributed by atoms with E-state index in [4.69, 9.17) is 9.47 Å². The van der Waals surface area contributed by atoms with Crippen LogP contribution in [-0.2, 0) is 9.47 Å². The average molecular weight is 242 g/mol. The summed E-state index contributed by atoms with van der Waals surface area (Å²) in [7, 11) is 0. The molecule has 0 bridgehead atoms. The molecule has 0 aromatic heterocycles. The van der Waals surface area contributed by atoms with E-state index in [-0.39, 0.29) is 16.8 Å². The van der Waals surface area contributed by atoms with Gasteiger partial charge in [0.15, 0.2) is 0 Å². The van der Waals surface area contributed by atoms with Crippen LogP contribution in [0.1, 0.15) is 62.3 Å². The molecule has 0 aliphatic carbocycles. The van der Waals surface area contributed by atoms with E-state index in [1.807, 2.05) is 0 Å². The van der Waals surface area contributed by atoms with Gasteiger partial charge < -0.3 is 9.47 Å². The Hall–Kier alpha value is -0.0800. The zero-order valence-corrected chi connectivity index (χ0v) is 13.0. The minimum atomic E-state index is 0.126. The molecule has 3 unspecified atom stereocenters. The summed E-state index contributed by atoms with van der Waals surface area (Å²) >= 11 is 0. The minimum Gasteiger partial charge on any atom is -0.366 e. The van der Waals surface area contributed by atoms with Crippen molar-refractivity contribution in [3.63, 3.8) is 0 Å². The quantitative estimate of drug-likeness (QED) is 0.683. The summed E-state index contributed by atoms with van der Waals surface area (Å²) < 4.78 is 10.9. The topological polar surface area (TPSA) is 25.1 Å². The molecule has 2 saturated heterocycles. The molecule has 102 valence electrons. The number of epoxide rings is 2. The second-order valence-corrected chi connectivity index (χ2v) is 6.97. The minimum absolute atomic E-state index is 0.126. The van der Waals surface area contributed by atoms with Gasteiger partial charge in [-0.05, 0) is 46.5 Å². The molecule has 2 rings (SSSR count). The molecule has 0 amide bonds. The van der Waals surface area contributed by atoms with Crippen molar-refractivity contribution in [3.8, 4) is 0 Å². The molecular formula is C15H30O2. The van der Waals surface area contributed by atoms with Gasteiger partial charge in [0.05, 0.1) is 22.9 Å². The molecular weight excluding hydrogens is 212 g/mol. The lowest BCUT2D eigenvalue weighted by Gasteiger charge is -2.11. The fraction of sp³-hybridized carbons (Fsp3) is 1.00. The van der Waals surface area contributed by atoms with Gasteiger partial charge in [-0.15, -0.1) is 0 Å². The summed E-state index contributed by atoms with van der Waals surface area (Å²) in [5.41, 5.74) is 0.480. The first-order chi connectivity index (χ1) is 7.47. The first-order valence-electron chi connectivity index (χ1n) is 6.85. The van der Waals surface area contributed by atoms with Crippen molar-refractivity contribution in [2.45, 2.75) is 85.2 Å². The van der Waals surface area contributed by atoms with Crippen molar-refractivity contribution in [1.82, 2.24) is 0 Å². The Morgan fingerprint density at radius 3 is 1.24 bits per heavy atom. The second kappa shape index (κ2) is 4.24. The monoisotopic (exact) mass is 242 g/mol. The van der Waals surface area contributed by atoms with Crippen molar-refractivity contribution in [2.75, 3.05) is 0 Å². The van der Waals surface area contributed by atoms with E-state index in [1.165, 1.54) is 0 Å². The van der Waals surface area contributed by atoms with Crippen LogP contribution in [0.2, 0.25) is 0 Å². The van der Waals surface area contributed by atoms with Crippen molar-refractivity contribution in [3.05, 3.63) is 0 Å². The third-order valence-corrected chi connectivity index (χ3v) is 5.05. The normalized spacial score (nSPS) is 42.2. The van der Waals surface area contributed by atoms with Gasteiger partial charge in [0, 0.05) is 0 Å². The largest absolute Gasteiger partial charge is 0.366 e. The molecule has 0 saturated carbocycles. The maximum atomic E-state index is 5.55. The maximum absolute atomic E-state index is 5.55. The van der Waals surface area contributed by atoms with Crippen LogP contribution in [0.3, 0.4) is 0 Å². The Morgan fingerprint density at radius 2 is 1.24 bits per heavy atom. The number of hydrogen-bond acceptors (Lipinski definition) is 2. The van der Waals surface area contributed by atoms with Crippen molar-refractivity contribution in [2.24, 2.45) is 11.8 Å². The Balaban J connectivity index is 0.000000171. The molecule has 2 nitrogen and oxygen atoms in total. The summed E-state index contributed by atoms with van der Waals surface area (Å²) in [4.78, 5) is 0. The van der Waals surface area contributed by atoms with E-state index in [2.05, 4.69) is 62.3 Å². The summed E-state index contributed by atoms with van der Waals surface area (Å²) in [6.07, 6.45) is 0.488. The van der Waals surface area contributed by atoms with E-state index in [9.17, 15) is 0 Å². The lowest BCUT2D eigenvalue weighted by molar-refractivity contribution is 0.245. The Bertz CT molecular complexity index is 283. The molecule has 2 heteroatoms. The maximum Gasteiger partial charge on any atom is 0.0969 e. The number of hydrogen-bond donors (Lipinski definition) is 0. The smallest absolute Gasteiger partial charge is 0.0969 e. The van der Waals surface area contributed by atoms with Crippen LogP contribution in [0.25, 0.3) is 0 Å². The van der Waals surface area contributed by atoms with Gasteiger partial charge in [0.25, 0.3) is 0 Å². The second-order valence-electron chi connectivity index (χ2n) is 6.97. The summed E-state index contributed by atoms with van der Waals surface area (Å²) in [6.45, 7) is 19.6. The van der Waals surface area contributed by atoms with Crippen LogP contribution in [-0.4, -0.2) is 22.9 Å². The highest BCUT2D eigenvalue weighted by Crippen LogP contribution is 2.51. The van der Waals surface area contributed by atoms with Crippen LogP contribution in [0.15, 0.2) is 0 Å². The summed E-state index contributed by atoms with van der Waals surface area (Å²) in [6, 6.07) is 0. The SMILES string of the molecule is CC(C)C1(C)OC1(C)C.CC(C)C1(C)OC1C. The van der Waals surface area contributed by atoms with E-state index in [1.54, 1.807) is 0 Å². The van der Waals surface area contributed by atoms with E-state index < -0.39 is 0 Å². The Kier molecular flexibility index (Phi) is 3.73. The van der Waals surface area contributed by atoms with Crippen LogP contribution >= 0.6 is 0 Å². The average Bonchev–Trinajstić information content (AvgIpc) is 2.91. The van der Waals surface area contributed by atoms with E-state index >= 15 is 0 Å². The first-order valence-corrected chi connectivity index (χ1v) is 6.85. The fourth-order valence-electron chi connectivity index (χ4n) is 2.27. The predicted octanol–water partition coefficient (Wildman–Crippen LogP) is 4.03. The molecule has 0 aromatic rings. The van der Waals surface area contributed by atoms with Crippen molar-refractivity contribution in [1.29, 1.82) is 0 Å². The van der Waals surface area contributed by atoms with Crippen LogP contribution in [0.4, 0.5) is 0 Å². The molecule has 2 fully saturated rings. The van der Waals surface area contributed by atoms with E-state index in [0.717, 1.165) is 0 Å². The lowest BCUT2D eigenvalue weighted by Crippen LogP contribution is -2.22. The van der Waals surface area contributed by atoms with Gasteiger partial charge >= 0.3 is 0 Å². The summed E-state index contributed by atoms with van der Waals surface area (Å²) in [5, 5.41) is 0. The lowest BCUT2D eigenvalue weighted by atomic mass is 9.87. The molecule has 0 radical (unpaired) electrons. The molecule has 0 N–H and O–H groups in total.